The van der Waals surface area contributed by atoms with Gasteiger partial charge in [0, 0.05) is 27.4 Å². The van der Waals surface area contributed by atoms with Gasteiger partial charge in [0.15, 0.2) is 5.82 Å². The fraction of sp³-hybridized carbons (Fsp3) is 0.259. The number of alkyl halides is 3. The summed E-state index contributed by atoms with van der Waals surface area (Å²) in [5.74, 6) is 0.882. The zero-order valence-corrected chi connectivity index (χ0v) is 22.9. The lowest BCUT2D eigenvalue weighted by atomic mass is 10.0. The molecule has 8 nitrogen and oxygen atoms in total. The van der Waals surface area contributed by atoms with Crippen LogP contribution in [0.5, 0.6) is 5.75 Å². The van der Waals surface area contributed by atoms with Gasteiger partial charge in [0.2, 0.25) is 0 Å². The maximum Gasteiger partial charge on any atom is 0.416 e. The number of halogens is 5. The molecule has 1 aromatic heterocycles. The number of H-pyrrole nitrogens is 1. The minimum absolute atomic E-state index is 0.0508. The van der Waals surface area contributed by atoms with Crippen molar-refractivity contribution in [2.24, 2.45) is 5.92 Å². The van der Waals surface area contributed by atoms with Crippen LogP contribution in [-0.2, 0) is 12.7 Å². The van der Waals surface area contributed by atoms with Gasteiger partial charge in [-0.05, 0) is 70.9 Å². The number of ether oxygens (including phenoxy) is 1. The molecule has 3 aromatic carbocycles. The molecule has 0 fully saturated rings. The molecule has 3 N–H and O–H groups in total. The predicted molar refractivity (Wildman–Crippen MR) is 146 cm³/mol. The fourth-order valence-corrected chi connectivity index (χ4v) is 4.31. The van der Waals surface area contributed by atoms with E-state index in [1.165, 1.54) is 6.07 Å². The Morgan fingerprint density at radius 2 is 1.68 bits per heavy atom. The van der Waals surface area contributed by atoms with Gasteiger partial charge >= 0.3 is 6.18 Å². The third-order valence-corrected chi connectivity index (χ3v) is 6.69. The van der Waals surface area contributed by atoms with E-state index in [-0.39, 0.29) is 29.4 Å². The summed E-state index contributed by atoms with van der Waals surface area (Å²) in [5.41, 5.74) is 1.35. The van der Waals surface area contributed by atoms with Crippen LogP contribution in [0.4, 0.5) is 18.9 Å². The van der Waals surface area contributed by atoms with Crippen molar-refractivity contribution in [1.82, 2.24) is 25.9 Å². The van der Waals surface area contributed by atoms with Gasteiger partial charge < -0.3 is 15.4 Å². The van der Waals surface area contributed by atoms with Crippen molar-refractivity contribution < 1.29 is 22.7 Å². The molecule has 210 valence electrons. The van der Waals surface area contributed by atoms with Crippen LogP contribution in [0.15, 0.2) is 60.7 Å². The molecule has 4 aromatic rings. The number of aromatic nitrogens is 4. The summed E-state index contributed by atoms with van der Waals surface area (Å²) < 4.78 is 44.9. The van der Waals surface area contributed by atoms with Crippen molar-refractivity contribution in [3.8, 4) is 16.9 Å². The van der Waals surface area contributed by atoms with E-state index in [9.17, 15) is 18.0 Å². The number of carbonyl (C=O) groups excluding carboxylic acids is 1. The molecule has 1 heterocycles. The highest BCUT2D eigenvalue weighted by molar-refractivity contribution is 6.36. The molecule has 40 heavy (non-hydrogen) atoms. The SMILES string of the molecule is CC(C)[C@@H](COc1ccc(-c2ccc(C(F)(F)F)cc2Cl)c(Cl)c1)Nc1ccc(C(=O)NCc2nnn[nH]2)cc1. The van der Waals surface area contributed by atoms with Gasteiger partial charge in [-0.2, -0.15) is 13.2 Å². The molecule has 0 saturated carbocycles. The van der Waals surface area contributed by atoms with Gasteiger partial charge in [0.1, 0.15) is 12.4 Å². The lowest BCUT2D eigenvalue weighted by molar-refractivity contribution is -0.137. The molecule has 13 heteroatoms. The summed E-state index contributed by atoms with van der Waals surface area (Å²) in [6.45, 7) is 4.58. The number of amides is 1. The molecule has 0 aliphatic heterocycles. The van der Waals surface area contributed by atoms with Crippen molar-refractivity contribution in [2.75, 3.05) is 11.9 Å². The topological polar surface area (TPSA) is 105 Å². The lowest BCUT2D eigenvalue weighted by Crippen LogP contribution is -2.32. The van der Waals surface area contributed by atoms with E-state index in [1.54, 1.807) is 42.5 Å². The molecule has 0 aliphatic carbocycles. The highest BCUT2D eigenvalue weighted by Gasteiger charge is 2.31. The predicted octanol–water partition coefficient (Wildman–Crippen LogP) is 6.64. The van der Waals surface area contributed by atoms with E-state index >= 15 is 0 Å². The fourth-order valence-electron chi connectivity index (χ4n) is 3.75. The first-order valence-electron chi connectivity index (χ1n) is 12.2. The molecular formula is C27H25Cl2F3N6O2. The number of benzene rings is 3. The van der Waals surface area contributed by atoms with Gasteiger partial charge in [0.25, 0.3) is 5.91 Å². The average Bonchev–Trinajstić information content (AvgIpc) is 3.43. The number of hydrogen-bond acceptors (Lipinski definition) is 6. The van der Waals surface area contributed by atoms with Crippen molar-refractivity contribution in [1.29, 1.82) is 0 Å². The number of hydrogen-bond donors (Lipinski definition) is 3. The van der Waals surface area contributed by atoms with Crippen molar-refractivity contribution in [3.05, 3.63) is 87.7 Å². The molecule has 0 radical (unpaired) electrons. The Morgan fingerprint density at radius 3 is 2.25 bits per heavy atom. The summed E-state index contributed by atoms with van der Waals surface area (Å²) in [4.78, 5) is 12.4. The largest absolute Gasteiger partial charge is 0.491 e. The first kappa shape index (κ1) is 29.2. The van der Waals surface area contributed by atoms with Crippen LogP contribution >= 0.6 is 23.2 Å². The molecule has 0 saturated heterocycles. The molecule has 0 aliphatic rings. The quantitative estimate of drug-likeness (QED) is 0.191. The maximum absolute atomic E-state index is 13.0. The lowest BCUT2D eigenvalue weighted by Gasteiger charge is -2.24. The van der Waals surface area contributed by atoms with Crippen LogP contribution in [0.3, 0.4) is 0 Å². The van der Waals surface area contributed by atoms with Crippen LogP contribution < -0.4 is 15.4 Å². The minimum Gasteiger partial charge on any atom is -0.491 e. The van der Waals surface area contributed by atoms with Crippen LogP contribution in [0.2, 0.25) is 10.0 Å². The normalized spacial score (nSPS) is 12.3. The van der Waals surface area contributed by atoms with E-state index in [4.69, 9.17) is 27.9 Å². The van der Waals surface area contributed by atoms with Gasteiger partial charge in [0.05, 0.1) is 23.2 Å². The zero-order valence-electron chi connectivity index (χ0n) is 21.4. The van der Waals surface area contributed by atoms with Gasteiger partial charge in [-0.1, -0.05) is 43.1 Å². The van der Waals surface area contributed by atoms with E-state index in [0.29, 0.717) is 39.9 Å². The minimum atomic E-state index is -4.49. The van der Waals surface area contributed by atoms with Gasteiger partial charge in [-0.3, -0.25) is 4.79 Å². The van der Waals surface area contributed by atoms with Crippen LogP contribution in [0.1, 0.15) is 35.6 Å². The van der Waals surface area contributed by atoms with Crippen LogP contribution in [0, 0.1) is 5.92 Å². The number of aromatic amines is 1. The van der Waals surface area contributed by atoms with Gasteiger partial charge in [-0.25, -0.2) is 5.10 Å². The van der Waals surface area contributed by atoms with Gasteiger partial charge in [-0.15, -0.1) is 5.10 Å². The van der Waals surface area contributed by atoms with E-state index in [2.05, 4.69) is 31.3 Å². The Labute approximate surface area is 238 Å². The molecule has 4 rings (SSSR count). The van der Waals surface area contributed by atoms with Crippen LogP contribution in [0.25, 0.3) is 11.1 Å². The molecule has 0 spiro atoms. The molecule has 0 unspecified atom stereocenters. The van der Waals surface area contributed by atoms with Crippen molar-refractivity contribution in [3.63, 3.8) is 0 Å². The number of rotatable bonds is 10. The van der Waals surface area contributed by atoms with Crippen molar-refractivity contribution >= 4 is 34.8 Å². The Balaban J connectivity index is 1.36. The summed E-state index contributed by atoms with van der Waals surface area (Å²) in [7, 11) is 0. The highest BCUT2D eigenvalue weighted by atomic mass is 35.5. The zero-order chi connectivity index (χ0) is 28.9. The Morgan fingerprint density at radius 1 is 1.00 bits per heavy atom. The monoisotopic (exact) mass is 592 g/mol. The van der Waals surface area contributed by atoms with E-state index < -0.39 is 11.7 Å². The number of tetrazole rings is 1. The number of carbonyl (C=O) groups is 1. The first-order valence-corrected chi connectivity index (χ1v) is 12.9. The Hall–Kier alpha value is -3.83. The summed E-state index contributed by atoms with van der Waals surface area (Å²) >= 11 is 12.6. The number of anilines is 1. The maximum atomic E-state index is 13.0. The molecular weight excluding hydrogens is 568 g/mol. The number of nitrogens with one attached hydrogen (secondary N) is 3. The standard InChI is InChI=1S/C27H25Cl2F3N6O2/c1-15(2)24(34-18-6-3-16(4-7-18)26(39)33-13-25-35-37-38-36-25)14-40-19-8-10-21(23(29)12-19)20-9-5-17(11-22(20)28)27(30,31)32/h3-12,15,24,34H,13-14H2,1-2H3,(H,33,39)(H,35,36,37,38)/t24-/m1/s1. The average molecular weight is 593 g/mol. The third-order valence-electron chi connectivity index (χ3n) is 6.07. The first-order chi connectivity index (χ1) is 19.0. The van der Waals surface area contributed by atoms with E-state index in [1.807, 2.05) is 13.8 Å². The molecule has 1 atom stereocenters. The third kappa shape index (κ3) is 7.42. The molecule has 1 amide bonds. The second-order valence-electron chi connectivity index (χ2n) is 9.25. The van der Waals surface area contributed by atoms with E-state index in [0.717, 1.165) is 17.8 Å². The summed E-state index contributed by atoms with van der Waals surface area (Å²) in [5, 5.41) is 19.6. The Kier molecular flexibility index (Phi) is 9.16. The number of nitrogens with zero attached hydrogens (tertiary/aromatic N) is 3. The summed E-state index contributed by atoms with van der Waals surface area (Å²) in [6, 6.07) is 15.0. The van der Waals surface area contributed by atoms with Crippen molar-refractivity contribution in [2.45, 2.75) is 32.6 Å². The second-order valence-corrected chi connectivity index (χ2v) is 10.1. The second kappa shape index (κ2) is 12.6. The van der Waals surface area contributed by atoms with Crippen LogP contribution in [-0.4, -0.2) is 39.2 Å². The smallest absolute Gasteiger partial charge is 0.416 e. The highest BCUT2D eigenvalue weighted by Crippen LogP contribution is 2.39. The Bertz CT molecular complexity index is 1450. The molecule has 0 bridgehead atoms. The summed E-state index contributed by atoms with van der Waals surface area (Å²) in [6.07, 6.45) is -4.49.